The number of carbonyl (C=O) groups excluding carboxylic acids is 1. The van der Waals surface area contributed by atoms with Crippen LogP contribution < -0.4 is 5.32 Å². The molecule has 0 aliphatic heterocycles. The Kier molecular flexibility index (Phi) is 3.41. The molecular formula is C12H10Cl2N2O. The van der Waals surface area contributed by atoms with Crippen LogP contribution in [0.25, 0.3) is 0 Å². The van der Waals surface area contributed by atoms with Gasteiger partial charge in [-0.15, -0.1) is 0 Å². The van der Waals surface area contributed by atoms with Crippen LogP contribution in [0.4, 0.5) is 5.69 Å². The number of aryl methyl sites for hydroxylation is 1. The highest BCUT2D eigenvalue weighted by molar-refractivity contribution is 6.42. The number of aromatic nitrogens is 1. The summed E-state index contributed by atoms with van der Waals surface area (Å²) in [4.78, 5) is 11.8. The van der Waals surface area contributed by atoms with Crippen molar-refractivity contribution in [1.82, 2.24) is 4.57 Å². The van der Waals surface area contributed by atoms with Gasteiger partial charge < -0.3 is 9.88 Å². The highest BCUT2D eigenvalue weighted by atomic mass is 35.5. The molecule has 0 unspecified atom stereocenters. The Labute approximate surface area is 109 Å². The molecule has 17 heavy (non-hydrogen) atoms. The van der Waals surface area contributed by atoms with Crippen LogP contribution in [0.15, 0.2) is 36.7 Å². The van der Waals surface area contributed by atoms with Gasteiger partial charge in [0, 0.05) is 25.1 Å². The van der Waals surface area contributed by atoms with E-state index in [0.717, 1.165) is 0 Å². The minimum Gasteiger partial charge on any atom is -0.356 e. The molecule has 0 spiro atoms. The van der Waals surface area contributed by atoms with Crippen LogP contribution in [-0.2, 0) is 7.05 Å². The Morgan fingerprint density at radius 1 is 1.24 bits per heavy atom. The Morgan fingerprint density at radius 2 is 2.00 bits per heavy atom. The van der Waals surface area contributed by atoms with Crippen molar-refractivity contribution in [1.29, 1.82) is 0 Å². The summed E-state index contributed by atoms with van der Waals surface area (Å²) in [7, 11) is 1.86. The minimum absolute atomic E-state index is 0.177. The van der Waals surface area contributed by atoms with Crippen molar-refractivity contribution in [2.45, 2.75) is 0 Å². The number of hydrogen-bond donors (Lipinski definition) is 1. The second kappa shape index (κ2) is 4.82. The van der Waals surface area contributed by atoms with Gasteiger partial charge in [0.1, 0.15) is 0 Å². The Morgan fingerprint density at radius 3 is 2.59 bits per heavy atom. The van der Waals surface area contributed by atoms with Gasteiger partial charge in [-0.1, -0.05) is 23.2 Å². The molecule has 1 heterocycles. The fourth-order valence-corrected chi connectivity index (χ4v) is 1.71. The largest absolute Gasteiger partial charge is 0.356 e. The van der Waals surface area contributed by atoms with Gasteiger partial charge in [-0.25, -0.2) is 0 Å². The molecule has 1 amide bonds. The average Bonchev–Trinajstić information content (AvgIpc) is 2.70. The molecule has 2 rings (SSSR count). The van der Waals surface area contributed by atoms with E-state index in [-0.39, 0.29) is 5.91 Å². The van der Waals surface area contributed by atoms with Gasteiger partial charge in [0.15, 0.2) is 0 Å². The van der Waals surface area contributed by atoms with Crippen molar-refractivity contribution in [2.75, 3.05) is 5.32 Å². The lowest BCUT2D eigenvalue weighted by molar-refractivity contribution is 0.102. The second-order valence-corrected chi connectivity index (χ2v) is 4.46. The second-order valence-electron chi connectivity index (χ2n) is 3.65. The third-order valence-corrected chi connectivity index (χ3v) is 3.01. The number of benzene rings is 1. The van der Waals surface area contributed by atoms with Crippen LogP contribution in [-0.4, -0.2) is 10.5 Å². The van der Waals surface area contributed by atoms with Gasteiger partial charge in [-0.05, 0) is 24.3 Å². The van der Waals surface area contributed by atoms with E-state index >= 15 is 0 Å². The summed E-state index contributed by atoms with van der Waals surface area (Å²) < 4.78 is 1.81. The molecule has 0 atom stereocenters. The number of nitrogens with zero attached hydrogens (tertiary/aromatic N) is 1. The van der Waals surface area contributed by atoms with Gasteiger partial charge in [-0.3, -0.25) is 4.79 Å². The number of anilines is 1. The number of amides is 1. The summed E-state index contributed by atoms with van der Waals surface area (Å²) in [5.41, 5.74) is 1.21. The third-order valence-electron chi connectivity index (χ3n) is 2.27. The highest BCUT2D eigenvalue weighted by Crippen LogP contribution is 2.25. The van der Waals surface area contributed by atoms with Crippen LogP contribution in [0.5, 0.6) is 0 Å². The van der Waals surface area contributed by atoms with Crippen molar-refractivity contribution in [2.24, 2.45) is 7.05 Å². The van der Waals surface area contributed by atoms with Gasteiger partial charge in [0.05, 0.1) is 15.6 Å². The first-order chi connectivity index (χ1) is 8.06. The molecule has 1 aromatic heterocycles. The first-order valence-corrected chi connectivity index (χ1v) is 5.70. The molecule has 88 valence electrons. The molecule has 0 saturated heterocycles. The van der Waals surface area contributed by atoms with Crippen LogP contribution in [0.3, 0.4) is 0 Å². The first-order valence-electron chi connectivity index (χ1n) is 4.94. The molecule has 0 aliphatic rings. The average molecular weight is 269 g/mol. The molecule has 1 N–H and O–H groups in total. The summed E-state index contributed by atoms with van der Waals surface area (Å²) in [6, 6.07) is 6.71. The Bertz CT molecular complexity index is 563. The zero-order valence-corrected chi connectivity index (χ0v) is 10.6. The number of halogens is 2. The number of nitrogens with one attached hydrogen (secondary N) is 1. The van der Waals surface area contributed by atoms with Crippen LogP contribution >= 0.6 is 23.2 Å². The summed E-state index contributed by atoms with van der Waals surface area (Å²) in [5.74, 6) is -0.177. The predicted molar refractivity (Wildman–Crippen MR) is 69.8 cm³/mol. The summed E-state index contributed by atoms with van der Waals surface area (Å²) in [5, 5.41) is 3.62. The predicted octanol–water partition coefficient (Wildman–Crippen LogP) is 3.58. The number of hydrogen-bond acceptors (Lipinski definition) is 1. The molecule has 1 aromatic carbocycles. The molecular weight excluding hydrogens is 259 g/mol. The molecule has 0 aliphatic carbocycles. The lowest BCUT2D eigenvalue weighted by Crippen LogP contribution is -2.10. The normalized spacial score (nSPS) is 10.3. The van der Waals surface area contributed by atoms with Crippen molar-refractivity contribution in [3.05, 3.63) is 52.3 Å². The van der Waals surface area contributed by atoms with E-state index in [1.165, 1.54) is 0 Å². The fourth-order valence-electron chi connectivity index (χ4n) is 1.41. The van der Waals surface area contributed by atoms with Gasteiger partial charge in [0.25, 0.3) is 5.91 Å². The van der Waals surface area contributed by atoms with E-state index in [1.807, 2.05) is 17.8 Å². The smallest absolute Gasteiger partial charge is 0.257 e. The van der Waals surface area contributed by atoms with E-state index in [0.29, 0.717) is 21.3 Å². The highest BCUT2D eigenvalue weighted by Gasteiger charge is 2.08. The van der Waals surface area contributed by atoms with E-state index in [4.69, 9.17) is 23.2 Å². The summed E-state index contributed by atoms with van der Waals surface area (Å²) in [6.07, 6.45) is 3.55. The van der Waals surface area contributed by atoms with E-state index in [1.54, 1.807) is 30.5 Å². The van der Waals surface area contributed by atoms with Gasteiger partial charge in [0.2, 0.25) is 0 Å². The van der Waals surface area contributed by atoms with Crippen LogP contribution in [0.2, 0.25) is 10.0 Å². The number of rotatable bonds is 2. The fraction of sp³-hybridized carbons (Fsp3) is 0.0833. The van der Waals surface area contributed by atoms with Crippen LogP contribution in [0, 0.1) is 0 Å². The molecule has 0 fully saturated rings. The minimum atomic E-state index is -0.177. The van der Waals surface area contributed by atoms with Crippen LogP contribution in [0.1, 0.15) is 10.4 Å². The van der Waals surface area contributed by atoms with E-state index < -0.39 is 0 Å². The maximum atomic E-state index is 11.8. The lowest BCUT2D eigenvalue weighted by atomic mass is 10.3. The Balaban J connectivity index is 2.15. The number of carbonyl (C=O) groups is 1. The van der Waals surface area contributed by atoms with Crippen molar-refractivity contribution in [3.8, 4) is 0 Å². The maximum absolute atomic E-state index is 11.8. The first kappa shape index (κ1) is 12.0. The van der Waals surface area contributed by atoms with E-state index in [2.05, 4.69) is 5.32 Å². The maximum Gasteiger partial charge on any atom is 0.257 e. The van der Waals surface area contributed by atoms with Gasteiger partial charge in [-0.2, -0.15) is 0 Å². The summed E-state index contributed by atoms with van der Waals surface area (Å²) >= 11 is 11.6. The molecule has 0 radical (unpaired) electrons. The molecule has 3 nitrogen and oxygen atoms in total. The monoisotopic (exact) mass is 268 g/mol. The zero-order valence-electron chi connectivity index (χ0n) is 9.08. The zero-order chi connectivity index (χ0) is 12.4. The third kappa shape index (κ3) is 2.81. The quantitative estimate of drug-likeness (QED) is 0.888. The lowest BCUT2D eigenvalue weighted by Gasteiger charge is -2.04. The molecule has 0 bridgehead atoms. The van der Waals surface area contributed by atoms with Gasteiger partial charge >= 0.3 is 0 Å². The van der Waals surface area contributed by atoms with Crippen molar-refractivity contribution < 1.29 is 4.79 Å². The SMILES string of the molecule is Cn1ccc(C(=O)Nc2ccc(Cl)c(Cl)c2)c1. The molecule has 0 saturated carbocycles. The standard InChI is InChI=1S/C12H10Cl2N2O/c1-16-5-4-8(7-16)12(17)15-9-2-3-10(13)11(14)6-9/h2-7H,1H3,(H,15,17). The molecule has 2 aromatic rings. The summed E-state index contributed by atoms with van der Waals surface area (Å²) in [6.45, 7) is 0. The van der Waals surface area contributed by atoms with Crippen molar-refractivity contribution in [3.63, 3.8) is 0 Å². The topological polar surface area (TPSA) is 34.0 Å². The van der Waals surface area contributed by atoms with Crippen molar-refractivity contribution >= 4 is 34.8 Å². The molecule has 5 heteroatoms. The van der Waals surface area contributed by atoms with E-state index in [9.17, 15) is 4.79 Å². The Hall–Kier alpha value is -1.45.